The van der Waals surface area contributed by atoms with E-state index in [1.807, 2.05) is 0 Å². The van der Waals surface area contributed by atoms with Gasteiger partial charge in [0.15, 0.2) is 5.54 Å². The molecule has 2 saturated heterocycles. The van der Waals surface area contributed by atoms with Crippen LogP contribution in [0.5, 0.6) is 5.75 Å². The summed E-state index contributed by atoms with van der Waals surface area (Å²) in [5.74, 6) is -2.31. The molecule has 300 valence electrons. The van der Waals surface area contributed by atoms with Gasteiger partial charge in [0, 0.05) is 59.6 Å². The van der Waals surface area contributed by atoms with Crippen LogP contribution in [0.15, 0.2) is 40.8 Å². The number of carbonyl (C=O) groups is 6. The molecule has 0 aliphatic carbocycles. The van der Waals surface area contributed by atoms with Crippen molar-refractivity contribution in [2.45, 2.75) is 80.4 Å². The van der Waals surface area contributed by atoms with Gasteiger partial charge in [-0.25, -0.2) is 14.0 Å². The number of amides is 6. The zero-order valence-corrected chi connectivity index (χ0v) is 31.9. The number of benzene rings is 2. The molecular formula is C38H46FN7O9S. The monoisotopic (exact) mass is 795 g/mol. The molecule has 3 aliphatic heterocycles. The van der Waals surface area contributed by atoms with E-state index in [1.54, 1.807) is 30.0 Å². The van der Waals surface area contributed by atoms with E-state index in [0.29, 0.717) is 36.1 Å². The van der Waals surface area contributed by atoms with Crippen LogP contribution in [-0.2, 0) is 31.2 Å². The first-order valence-corrected chi connectivity index (χ1v) is 19.5. The fraction of sp³-hybridized carbons (Fsp3) is 0.474. The molecule has 0 radical (unpaired) electrons. The highest BCUT2D eigenvalue weighted by Gasteiger charge is 2.53. The highest BCUT2D eigenvalue weighted by Crippen LogP contribution is 2.36. The van der Waals surface area contributed by atoms with Gasteiger partial charge in [-0.2, -0.15) is 11.8 Å². The van der Waals surface area contributed by atoms with Gasteiger partial charge in [0.05, 0.1) is 26.3 Å². The van der Waals surface area contributed by atoms with Crippen molar-refractivity contribution >= 4 is 58.4 Å². The number of urea groups is 1. The minimum Gasteiger partial charge on any atom is -0.497 e. The van der Waals surface area contributed by atoms with Gasteiger partial charge in [-0.15, -0.1) is 0 Å². The Balaban J connectivity index is 1.03. The third-order valence-electron chi connectivity index (χ3n) is 10.4. The van der Waals surface area contributed by atoms with Gasteiger partial charge in [0.1, 0.15) is 29.0 Å². The van der Waals surface area contributed by atoms with Crippen molar-refractivity contribution in [3.63, 3.8) is 0 Å². The Morgan fingerprint density at radius 3 is 2.59 bits per heavy atom. The maximum Gasteiger partial charge on any atom is 0.328 e. The molecule has 3 unspecified atom stereocenters. The van der Waals surface area contributed by atoms with Crippen LogP contribution in [0.2, 0.25) is 0 Å². The van der Waals surface area contributed by atoms with Gasteiger partial charge in [-0.3, -0.25) is 24.5 Å². The van der Waals surface area contributed by atoms with Crippen LogP contribution in [-0.4, -0.2) is 97.0 Å². The first kappa shape index (κ1) is 40.5. The molecule has 2 aromatic carbocycles. The Kier molecular flexibility index (Phi) is 12.5. The van der Waals surface area contributed by atoms with E-state index in [-0.39, 0.29) is 83.9 Å². The maximum atomic E-state index is 15.3. The van der Waals surface area contributed by atoms with E-state index >= 15 is 4.39 Å². The number of ether oxygens (including phenoxy) is 2. The van der Waals surface area contributed by atoms with Crippen molar-refractivity contribution in [3.8, 4) is 5.75 Å². The molecule has 0 spiro atoms. The van der Waals surface area contributed by atoms with Crippen LogP contribution >= 0.6 is 11.8 Å². The average molecular weight is 796 g/mol. The van der Waals surface area contributed by atoms with Crippen LogP contribution in [0.25, 0.3) is 11.0 Å². The molecule has 16 nitrogen and oxygen atoms in total. The third kappa shape index (κ3) is 8.61. The number of hydrogen-bond donors (Lipinski definition) is 6. The van der Waals surface area contributed by atoms with Gasteiger partial charge in [-0.05, 0) is 61.9 Å². The van der Waals surface area contributed by atoms with Gasteiger partial charge >= 0.3 is 12.0 Å². The molecule has 5 atom stereocenters. The molecule has 18 heteroatoms. The number of thioether (sulfide) groups is 1. The Morgan fingerprint density at radius 2 is 1.89 bits per heavy atom. The van der Waals surface area contributed by atoms with Crippen molar-refractivity contribution < 1.29 is 47.0 Å². The van der Waals surface area contributed by atoms with Crippen LogP contribution < -0.4 is 37.5 Å². The lowest BCUT2D eigenvalue weighted by Gasteiger charge is -2.29. The summed E-state index contributed by atoms with van der Waals surface area (Å²) in [6, 6.07) is 7.07. The number of furan rings is 1. The molecule has 2 fully saturated rings. The van der Waals surface area contributed by atoms with Gasteiger partial charge in [0.25, 0.3) is 17.7 Å². The van der Waals surface area contributed by atoms with E-state index in [0.717, 1.165) is 24.7 Å². The number of hydrogen-bond acceptors (Lipinski definition) is 12. The number of nitrogens with two attached hydrogens (primary N) is 2. The van der Waals surface area contributed by atoms with E-state index in [4.69, 9.17) is 25.4 Å². The van der Waals surface area contributed by atoms with Gasteiger partial charge in [0.2, 0.25) is 5.91 Å². The Hall–Kier alpha value is -5.20. The molecular weight excluding hydrogens is 750 g/mol. The molecule has 0 saturated carbocycles. The minimum atomic E-state index is -1.84. The smallest absolute Gasteiger partial charge is 0.328 e. The predicted octanol–water partition coefficient (Wildman–Crippen LogP) is 2.16. The largest absolute Gasteiger partial charge is 0.497 e. The van der Waals surface area contributed by atoms with Crippen molar-refractivity contribution in [1.82, 2.24) is 26.2 Å². The summed E-state index contributed by atoms with van der Waals surface area (Å²) in [5, 5.41) is 10.8. The molecule has 3 aromatic rings. The number of imide groups is 1. The van der Waals surface area contributed by atoms with Gasteiger partial charge in [-0.1, -0.05) is 12.5 Å². The third-order valence-corrected chi connectivity index (χ3v) is 12.0. The summed E-state index contributed by atoms with van der Waals surface area (Å²) < 4.78 is 31.3. The quantitative estimate of drug-likeness (QED) is 0.0655. The number of carbonyl (C=O) groups excluding carboxylic acids is 6. The topological polar surface area (TPSA) is 237 Å². The fourth-order valence-electron chi connectivity index (χ4n) is 7.25. The van der Waals surface area contributed by atoms with Crippen molar-refractivity contribution in [2.24, 2.45) is 11.5 Å². The summed E-state index contributed by atoms with van der Waals surface area (Å²) in [6.07, 6.45) is 3.71. The highest BCUT2D eigenvalue weighted by molar-refractivity contribution is 8.00. The fourth-order valence-corrected chi connectivity index (χ4v) is 8.70. The lowest BCUT2D eigenvalue weighted by atomic mass is 9.95. The number of unbranched alkanes of at least 4 members (excludes halogenated alkanes) is 2. The first-order chi connectivity index (χ1) is 26.8. The minimum absolute atomic E-state index is 0.00898. The molecule has 56 heavy (non-hydrogen) atoms. The number of fused-ring (bicyclic) bond motifs is 2. The second kappa shape index (κ2) is 17.3. The number of nitrogens with zero attached hydrogens (tertiary/aromatic N) is 1. The van der Waals surface area contributed by atoms with E-state index in [1.165, 1.54) is 31.3 Å². The Bertz CT molecular complexity index is 2030. The van der Waals surface area contributed by atoms with Crippen LogP contribution in [0.3, 0.4) is 0 Å². The molecule has 8 N–H and O–H groups in total. The molecule has 1 aromatic heterocycles. The molecule has 6 amide bonds. The van der Waals surface area contributed by atoms with E-state index in [9.17, 15) is 28.8 Å². The summed E-state index contributed by atoms with van der Waals surface area (Å²) in [4.78, 5) is 78.6. The normalized spacial score (nSPS) is 22.1. The number of esters is 1. The standard InChI is InChI=1S/C38H46FN7O9S/c1-53-22-11-10-20-17-46(34(49)23(20)15-22)19-38(36(51)44-37(52)45-38)30-14-21-13-24(25(39)16-28(21)55-30)33(48)42-12-6-5-7-27(35(50)54-2)43-31(47)9-4-3-8-29-32(41)26(40)18-56-29/h10-11,13-16,26-27,29,32H,3-9,12,17-19,40-41H2,1-2H3,(H,42,48)(H,43,47)(H2,44,45,51,52)/t26?,27-,29?,32?,38-/m0/s1. The van der Waals surface area contributed by atoms with E-state index < -0.39 is 41.2 Å². The molecule has 4 heterocycles. The summed E-state index contributed by atoms with van der Waals surface area (Å²) in [6.45, 7) is 0.0156. The number of rotatable bonds is 17. The molecule has 3 aliphatic rings. The number of nitrogens with one attached hydrogen (secondary N) is 4. The second-order valence-corrected chi connectivity index (χ2v) is 15.5. The molecule has 6 rings (SSSR count). The summed E-state index contributed by atoms with van der Waals surface area (Å²) in [7, 11) is 2.72. The van der Waals surface area contributed by atoms with Crippen LogP contribution in [0, 0.1) is 5.82 Å². The number of methoxy groups -OCH3 is 2. The first-order valence-electron chi connectivity index (χ1n) is 18.4. The van der Waals surface area contributed by atoms with Gasteiger partial charge < -0.3 is 46.2 Å². The van der Waals surface area contributed by atoms with Crippen LogP contribution in [0.1, 0.15) is 77.0 Å². The summed E-state index contributed by atoms with van der Waals surface area (Å²) >= 11 is 1.76. The van der Waals surface area contributed by atoms with Crippen molar-refractivity contribution in [1.29, 1.82) is 0 Å². The van der Waals surface area contributed by atoms with Crippen LogP contribution in [0.4, 0.5) is 9.18 Å². The lowest BCUT2D eigenvalue weighted by Crippen LogP contribution is -2.52. The zero-order valence-electron chi connectivity index (χ0n) is 31.1. The van der Waals surface area contributed by atoms with E-state index in [2.05, 4.69) is 21.3 Å². The zero-order chi connectivity index (χ0) is 40.1. The summed E-state index contributed by atoms with van der Waals surface area (Å²) in [5.41, 5.74) is 11.1. The maximum absolute atomic E-state index is 15.3. The predicted molar refractivity (Wildman–Crippen MR) is 203 cm³/mol. The Morgan fingerprint density at radius 1 is 1.09 bits per heavy atom. The lowest BCUT2D eigenvalue weighted by molar-refractivity contribution is -0.145. The SMILES string of the molecule is COC(=O)[C@H](CCCCNC(=O)c1cc2cc([C@]3(CN4Cc5ccc(OC)cc5C4=O)NC(=O)NC3=O)oc2cc1F)NC(=O)CCCCC1SCC(N)C1N. The molecule has 0 bridgehead atoms. The second-order valence-electron chi connectivity index (χ2n) is 14.2. The number of halogens is 1. The Labute approximate surface area is 326 Å². The average Bonchev–Trinajstić information content (AvgIpc) is 3.91. The van der Waals surface area contributed by atoms with Crippen molar-refractivity contribution in [3.05, 3.63) is 64.7 Å². The van der Waals surface area contributed by atoms with Crippen molar-refractivity contribution in [2.75, 3.05) is 33.1 Å². The highest BCUT2D eigenvalue weighted by atomic mass is 32.2.